The Morgan fingerprint density at radius 3 is 2.33 bits per heavy atom. The maximum Gasteiger partial charge on any atom is 0.319 e. The van der Waals surface area contributed by atoms with E-state index >= 15 is 0 Å². The summed E-state index contributed by atoms with van der Waals surface area (Å²) < 4.78 is 0. The minimum Gasteiger partial charge on any atom is -0.481 e. The molecule has 7 nitrogen and oxygen atoms in total. The number of rotatable bonds is 7. The van der Waals surface area contributed by atoms with E-state index in [2.05, 4.69) is 16.0 Å². The Bertz CT molecular complexity index is 806. The first-order chi connectivity index (χ1) is 12.9. The molecule has 4 N–H and O–H groups in total. The summed E-state index contributed by atoms with van der Waals surface area (Å²) in [6.07, 6.45) is 0. The molecule has 1 unspecified atom stereocenters. The Kier molecular flexibility index (Phi) is 6.93. The minimum absolute atomic E-state index is 0.0116. The SMILES string of the molecule is CC(C)NC(=O)Nc1cccc(C(=O)NCC(C(=O)O)c2ccccc2)c1. The van der Waals surface area contributed by atoms with Gasteiger partial charge in [0.25, 0.3) is 5.91 Å². The van der Waals surface area contributed by atoms with E-state index in [0.29, 0.717) is 16.8 Å². The van der Waals surface area contributed by atoms with E-state index in [0.717, 1.165) is 0 Å². The molecule has 0 fully saturated rings. The predicted octanol–water partition coefficient (Wildman–Crippen LogP) is 2.81. The van der Waals surface area contributed by atoms with Crippen LogP contribution < -0.4 is 16.0 Å². The highest BCUT2D eigenvalue weighted by Gasteiger charge is 2.20. The summed E-state index contributed by atoms with van der Waals surface area (Å²) >= 11 is 0. The summed E-state index contributed by atoms with van der Waals surface area (Å²) in [5.41, 5.74) is 1.42. The van der Waals surface area contributed by atoms with Crippen molar-refractivity contribution in [1.29, 1.82) is 0 Å². The first kappa shape index (κ1) is 20.0. The van der Waals surface area contributed by atoms with Crippen molar-refractivity contribution in [2.24, 2.45) is 0 Å². The average molecular weight is 369 g/mol. The van der Waals surface area contributed by atoms with E-state index in [1.54, 1.807) is 48.5 Å². The zero-order valence-corrected chi connectivity index (χ0v) is 15.2. The number of benzene rings is 2. The van der Waals surface area contributed by atoms with E-state index in [-0.39, 0.29) is 18.6 Å². The average Bonchev–Trinajstić information content (AvgIpc) is 2.61. The molecule has 0 aromatic heterocycles. The Labute approximate surface area is 157 Å². The molecule has 0 saturated carbocycles. The minimum atomic E-state index is -1.01. The highest BCUT2D eigenvalue weighted by Crippen LogP contribution is 2.16. The number of aliphatic carboxylic acids is 1. The Hall–Kier alpha value is -3.35. The molecule has 0 spiro atoms. The second kappa shape index (κ2) is 9.38. The van der Waals surface area contributed by atoms with Crippen molar-refractivity contribution < 1.29 is 19.5 Å². The first-order valence-electron chi connectivity index (χ1n) is 8.60. The van der Waals surface area contributed by atoms with Crippen LogP contribution in [0, 0.1) is 0 Å². The van der Waals surface area contributed by atoms with Crippen LogP contribution in [-0.2, 0) is 4.79 Å². The molecule has 0 aliphatic heterocycles. The fourth-order valence-corrected chi connectivity index (χ4v) is 2.50. The van der Waals surface area contributed by atoms with Crippen LogP contribution in [0.25, 0.3) is 0 Å². The molecule has 2 aromatic carbocycles. The highest BCUT2D eigenvalue weighted by molar-refractivity contribution is 5.97. The van der Waals surface area contributed by atoms with Crippen LogP contribution in [0.1, 0.15) is 35.7 Å². The van der Waals surface area contributed by atoms with Gasteiger partial charge in [-0.1, -0.05) is 36.4 Å². The van der Waals surface area contributed by atoms with Gasteiger partial charge in [0.2, 0.25) is 0 Å². The molecule has 0 bridgehead atoms. The molecule has 7 heteroatoms. The van der Waals surface area contributed by atoms with Crippen molar-refractivity contribution in [3.63, 3.8) is 0 Å². The number of carboxylic acid groups (broad SMARTS) is 1. The smallest absolute Gasteiger partial charge is 0.319 e. The van der Waals surface area contributed by atoms with Crippen molar-refractivity contribution in [3.05, 3.63) is 65.7 Å². The molecule has 1 atom stereocenters. The fourth-order valence-electron chi connectivity index (χ4n) is 2.50. The number of carbonyl (C=O) groups excluding carboxylic acids is 2. The lowest BCUT2D eigenvalue weighted by Crippen LogP contribution is -2.34. The van der Waals surface area contributed by atoms with Gasteiger partial charge in [-0.15, -0.1) is 0 Å². The Balaban J connectivity index is 2.02. The van der Waals surface area contributed by atoms with Gasteiger partial charge < -0.3 is 21.1 Å². The second-order valence-electron chi connectivity index (χ2n) is 6.35. The summed E-state index contributed by atoms with van der Waals surface area (Å²) in [6, 6.07) is 14.8. The standard InChI is InChI=1S/C20H23N3O4/c1-13(2)22-20(27)23-16-10-6-9-15(11-16)18(24)21-12-17(19(25)26)14-7-4-3-5-8-14/h3-11,13,17H,12H2,1-2H3,(H,21,24)(H,25,26)(H2,22,23,27). The summed E-state index contributed by atoms with van der Waals surface area (Å²) in [6.45, 7) is 3.65. The number of hydrogen-bond acceptors (Lipinski definition) is 3. The van der Waals surface area contributed by atoms with Crippen LogP contribution in [0.4, 0.5) is 10.5 Å². The van der Waals surface area contributed by atoms with Crippen LogP contribution >= 0.6 is 0 Å². The number of carboxylic acids is 1. The van der Waals surface area contributed by atoms with E-state index in [1.807, 2.05) is 13.8 Å². The van der Waals surface area contributed by atoms with Crippen LogP contribution in [0.3, 0.4) is 0 Å². The summed E-state index contributed by atoms with van der Waals surface area (Å²) in [4.78, 5) is 35.7. The third-order valence-corrected chi connectivity index (χ3v) is 3.77. The molecule has 0 aliphatic carbocycles. The lowest BCUT2D eigenvalue weighted by Gasteiger charge is -2.14. The lowest BCUT2D eigenvalue weighted by molar-refractivity contribution is -0.138. The molecule has 0 heterocycles. The van der Waals surface area contributed by atoms with Gasteiger partial charge in [-0.05, 0) is 37.6 Å². The van der Waals surface area contributed by atoms with Crippen LogP contribution in [0.15, 0.2) is 54.6 Å². The van der Waals surface area contributed by atoms with Gasteiger partial charge in [0.1, 0.15) is 0 Å². The molecule has 3 amide bonds. The zero-order valence-electron chi connectivity index (χ0n) is 15.2. The zero-order chi connectivity index (χ0) is 19.8. The molecule has 2 rings (SSSR count). The van der Waals surface area contributed by atoms with Crippen LogP contribution in [-0.4, -0.2) is 35.6 Å². The van der Waals surface area contributed by atoms with Gasteiger partial charge in [0.15, 0.2) is 0 Å². The first-order valence-corrected chi connectivity index (χ1v) is 8.60. The largest absolute Gasteiger partial charge is 0.481 e. The van der Waals surface area contributed by atoms with Crippen LogP contribution in [0.5, 0.6) is 0 Å². The highest BCUT2D eigenvalue weighted by atomic mass is 16.4. The lowest BCUT2D eigenvalue weighted by atomic mass is 9.99. The number of anilines is 1. The second-order valence-corrected chi connectivity index (χ2v) is 6.35. The quantitative estimate of drug-likeness (QED) is 0.602. The topological polar surface area (TPSA) is 108 Å². The predicted molar refractivity (Wildman–Crippen MR) is 103 cm³/mol. The molecule has 0 radical (unpaired) electrons. The van der Waals surface area contributed by atoms with E-state index in [4.69, 9.17) is 0 Å². The fraction of sp³-hybridized carbons (Fsp3) is 0.250. The van der Waals surface area contributed by atoms with Gasteiger partial charge >= 0.3 is 12.0 Å². The summed E-state index contributed by atoms with van der Waals surface area (Å²) in [7, 11) is 0. The maximum absolute atomic E-state index is 12.4. The summed E-state index contributed by atoms with van der Waals surface area (Å²) in [5.74, 6) is -2.26. The monoisotopic (exact) mass is 369 g/mol. The molecule has 0 aliphatic rings. The normalized spacial score (nSPS) is 11.5. The summed E-state index contributed by atoms with van der Waals surface area (Å²) in [5, 5.41) is 17.4. The van der Waals surface area contributed by atoms with Crippen molar-refractivity contribution >= 4 is 23.6 Å². The molecular formula is C20H23N3O4. The van der Waals surface area contributed by atoms with E-state index in [1.165, 1.54) is 6.07 Å². The molecule has 27 heavy (non-hydrogen) atoms. The number of carbonyl (C=O) groups is 3. The van der Waals surface area contributed by atoms with Gasteiger partial charge in [-0.3, -0.25) is 9.59 Å². The van der Waals surface area contributed by atoms with Crippen molar-refractivity contribution in [2.75, 3.05) is 11.9 Å². The van der Waals surface area contributed by atoms with Crippen molar-refractivity contribution in [3.8, 4) is 0 Å². The molecule has 2 aromatic rings. The molecular weight excluding hydrogens is 346 g/mol. The number of hydrogen-bond donors (Lipinski definition) is 4. The van der Waals surface area contributed by atoms with Gasteiger partial charge in [0, 0.05) is 23.8 Å². The number of amides is 3. The third-order valence-electron chi connectivity index (χ3n) is 3.77. The van der Waals surface area contributed by atoms with Gasteiger partial charge in [-0.25, -0.2) is 4.79 Å². The molecule has 0 saturated heterocycles. The number of nitrogens with one attached hydrogen (secondary N) is 3. The van der Waals surface area contributed by atoms with Crippen LogP contribution in [0.2, 0.25) is 0 Å². The number of urea groups is 1. The molecule has 142 valence electrons. The van der Waals surface area contributed by atoms with Crippen molar-refractivity contribution in [2.45, 2.75) is 25.8 Å². The van der Waals surface area contributed by atoms with Gasteiger partial charge in [0.05, 0.1) is 5.92 Å². The van der Waals surface area contributed by atoms with E-state index in [9.17, 15) is 19.5 Å². The third kappa shape index (κ3) is 6.14. The maximum atomic E-state index is 12.4. The van der Waals surface area contributed by atoms with Crippen molar-refractivity contribution in [1.82, 2.24) is 10.6 Å². The Morgan fingerprint density at radius 1 is 1.00 bits per heavy atom. The van der Waals surface area contributed by atoms with E-state index < -0.39 is 17.8 Å². The Morgan fingerprint density at radius 2 is 1.70 bits per heavy atom. The van der Waals surface area contributed by atoms with Gasteiger partial charge in [-0.2, -0.15) is 0 Å².